The Morgan fingerprint density at radius 1 is 1.22 bits per heavy atom. The average Bonchev–Trinajstić information content (AvgIpc) is 3.35. The number of nitrogens with zero attached hydrogens (tertiary/aromatic N) is 1. The SMILES string of the molecule is O=c1[nH]ccc2cc(OC3CCN(CC4CC4)CC3)c(F)cc12. The number of likely N-dealkylation sites (tertiary alicyclic amines) is 1. The summed E-state index contributed by atoms with van der Waals surface area (Å²) in [6.45, 7) is 3.26. The van der Waals surface area contributed by atoms with Crippen molar-refractivity contribution in [3.8, 4) is 5.75 Å². The van der Waals surface area contributed by atoms with E-state index in [2.05, 4.69) is 9.88 Å². The maximum atomic E-state index is 14.2. The number of benzene rings is 1. The molecule has 0 atom stereocenters. The largest absolute Gasteiger partial charge is 0.487 e. The minimum Gasteiger partial charge on any atom is -0.487 e. The maximum absolute atomic E-state index is 14.2. The third-order valence-corrected chi connectivity index (χ3v) is 4.87. The molecular formula is C18H21FN2O2. The zero-order valence-electron chi connectivity index (χ0n) is 13.1. The fourth-order valence-electron chi connectivity index (χ4n) is 3.33. The lowest BCUT2D eigenvalue weighted by Gasteiger charge is -2.32. The van der Waals surface area contributed by atoms with Crippen LogP contribution < -0.4 is 10.3 Å². The fraction of sp³-hybridized carbons (Fsp3) is 0.500. The summed E-state index contributed by atoms with van der Waals surface area (Å²) in [4.78, 5) is 16.7. The Hall–Kier alpha value is -1.88. The van der Waals surface area contributed by atoms with E-state index in [4.69, 9.17) is 4.74 Å². The first-order valence-electron chi connectivity index (χ1n) is 8.39. The molecule has 4 nitrogen and oxygen atoms in total. The Morgan fingerprint density at radius 3 is 2.74 bits per heavy atom. The maximum Gasteiger partial charge on any atom is 0.255 e. The second kappa shape index (κ2) is 5.96. The summed E-state index contributed by atoms with van der Waals surface area (Å²) in [6, 6.07) is 4.67. The first kappa shape index (κ1) is 14.7. The molecule has 0 amide bonds. The molecule has 23 heavy (non-hydrogen) atoms. The molecule has 1 aliphatic carbocycles. The number of hydrogen-bond acceptors (Lipinski definition) is 3. The highest BCUT2D eigenvalue weighted by Crippen LogP contribution is 2.31. The number of halogens is 1. The third kappa shape index (κ3) is 3.24. The standard InChI is InChI=1S/C18H21FN2O2/c19-16-10-15-13(3-6-20-18(15)22)9-17(16)23-14-4-7-21(8-5-14)11-12-1-2-12/h3,6,9-10,12,14H,1-2,4-5,7-8,11H2,(H,20,22). The van der Waals surface area contributed by atoms with Crippen molar-refractivity contribution >= 4 is 10.8 Å². The molecule has 0 bridgehead atoms. The summed E-state index contributed by atoms with van der Waals surface area (Å²) in [5.41, 5.74) is -0.277. The van der Waals surface area contributed by atoms with Crippen molar-refractivity contribution in [3.05, 3.63) is 40.6 Å². The first-order valence-corrected chi connectivity index (χ1v) is 8.39. The van der Waals surface area contributed by atoms with Crippen molar-refractivity contribution in [2.24, 2.45) is 5.92 Å². The quantitative estimate of drug-likeness (QED) is 0.943. The minimum atomic E-state index is -0.463. The number of piperidine rings is 1. The number of H-pyrrole nitrogens is 1. The number of rotatable bonds is 4. The number of fused-ring (bicyclic) bond motifs is 1. The normalized spacial score (nSPS) is 20.0. The molecule has 2 aliphatic rings. The predicted octanol–water partition coefficient (Wildman–Crippen LogP) is 2.92. The van der Waals surface area contributed by atoms with Crippen LogP contribution in [0.4, 0.5) is 4.39 Å². The molecule has 1 aromatic carbocycles. The minimum absolute atomic E-state index is 0.0550. The monoisotopic (exact) mass is 316 g/mol. The van der Waals surface area contributed by atoms with Crippen LogP contribution in [0.3, 0.4) is 0 Å². The van der Waals surface area contributed by atoms with Crippen LogP contribution in [-0.4, -0.2) is 35.6 Å². The Balaban J connectivity index is 1.45. The third-order valence-electron chi connectivity index (χ3n) is 4.87. The van der Waals surface area contributed by atoms with Gasteiger partial charge in [0.15, 0.2) is 11.6 Å². The van der Waals surface area contributed by atoms with E-state index in [1.165, 1.54) is 25.5 Å². The van der Waals surface area contributed by atoms with E-state index in [1.807, 2.05) is 0 Å². The van der Waals surface area contributed by atoms with Gasteiger partial charge in [0.2, 0.25) is 0 Å². The van der Waals surface area contributed by atoms with Crippen LogP contribution in [-0.2, 0) is 0 Å². The highest BCUT2D eigenvalue weighted by atomic mass is 19.1. The van der Waals surface area contributed by atoms with Gasteiger partial charge in [-0.15, -0.1) is 0 Å². The molecule has 0 unspecified atom stereocenters. The Labute approximate surface area is 134 Å². The molecule has 4 rings (SSSR count). The molecule has 2 heterocycles. The average molecular weight is 316 g/mol. The van der Waals surface area contributed by atoms with E-state index in [1.54, 1.807) is 18.3 Å². The van der Waals surface area contributed by atoms with Crippen molar-refractivity contribution < 1.29 is 9.13 Å². The Morgan fingerprint density at radius 2 is 2.00 bits per heavy atom. The topological polar surface area (TPSA) is 45.3 Å². The predicted molar refractivity (Wildman–Crippen MR) is 87.3 cm³/mol. The summed E-state index contributed by atoms with van der Waals surface area (Å²) in [6.07, 6.45) is 6.23. The van der Waals surface area contributed by atoms with Gasteiger partial charge < -0.3 is 14.6 Å². The summed E-state index contributed by atoms with van der Waals surface area (Å²) >= 11 is 0. The lowest BCUT2D eigenvalue weighted by molar-refractivity contribution is 0.0949. The first-order chi connectivity index (χ1) is 11.2. The van der Waals surface area contributed by atoms with Crippen LogP contribution in [0.5, 0.6) is 5.75 Å². The molecule has 1 N–H and O–H groups in total. The highest BCUT2D eigenvalue weighted by molar-refractivity contribution is 5.82. The second-order valence-electron chi connectivity index (χ2n) is 6.74. The van der Waals surface area contributed by atoms with E-state index in [0.717, 1.165) is 31.8 Å². The molecule has 1 aromatic heterocycles. The molecule has 0 radical (unpaired) electrons. The fourth-order valence-corrected chi connectivity index (χ4v) is 3.33. The van der Waals surface area contributed by atoms with E-state index >= 15 is 0 Å². The van der Waals surface area contributed by atoms with Gasteiger partial charge in [0.1, 0.15) is 6.10 Å². The molecule has 1 aliphatic heterocycles. The zero-order chi connectivity index (χ0) is 15.8. The Bertz CT molecular complexity index is 761. The summed E-state index contributed by atoms with van der Waals surface area (Å²) in [5.74, 6) is 0.696. The van der Waals surface area contributed by atoms with Crippen LogP contribution >= 0.6 is 0 Å². The number of hydrogen-bond donors (Lipinski definition) is 1. The number of pyridine rings is 1. The molecule has 2 aromatic rings. The smallest absolute Gasteiger partial charge is 0.255 e. The number of aromatic amines is 1. The summed E-state index contributed by atoms with van der Waals surface area (Å²) in [5, 5.41) is 1.06. The second-order valence-corrected chi connectivity index (χ2v) is 6.74. The zero-order valence-corrected chi connectivity index (χ0v) is 13.1. The van der Waals surface area contributed by atoms with Crippen molar-refractivity contribution in [2.45, 2.75) is 31.8 Å². The summed E-state index contributed by atoms with van der Waals surface area (Å²) in [7, 11) is 0. The summed E-state index contributed by atoms with van der Waals surface area (Å²) < 4.78 is 20.1. The van der Waals surface area contributed by atoms with Gasteiger partial charge in [0.05, 0.1) is 5.39 Å². The molecule has 2 fully saturated rings. The van der Waals surface area contributed by atoms with Crippen LogP contribution in [0.1, 0.15) is 25.7 Å². The van der Waals surface area contributed by atoms with Gasteiger partial charge in [-0.05, 0) is 55.2 Å². The van der Waals surface area contributed by atoms with Crippen LogP contribution in [0.15, 0.2) is 29.2 Å². The van der Waals surface area contributed by atoms with Gasteiger partial charge in [-0.3, -0.25) is 4.79 Å². The lowest BCUT2D eigenvalue weighted by atomic mass is 10.1. The highest BCUT2D eigenvalue weighted by Gasteiger charge is 2.27. The van der Waals surface area contributed by atoms with Crippen molar-refractivity contribution in [1.29, 1.82) is 0 Å². The van der Waals surface area contributed by atoms with Crippen LogP contribution in [0.25, 0.3) is 10.8 Å². The van der Waals surface area contributed by atoms with Crippen LogP contribution in [0, 0.1) is 11.7 Å². The molecule has 0 spiro atoms. The van der Waals surface area contributed by atoms with Gasteiger partial charge in [-0.2, -0.15) is 0 Å². The van der Waals surface area contributed by atoms with Crippen LogP contribution in [0.2, 0.25) is 0 Å². The molecule has 5 heteroatoms. The lowest BCUT2D eigenvalue weighted by Crippen LogP contribution is -2.39. The van der Waals surface area contributed by atoms with Crippen molar-refractivity contribution in [3.63, 3.8) is 0 Å². The van der Waals surface area contributed by atoms with Gasteiger partial charge in [-0.25, -0.2) is 4.39 Å². The molecular weight excluding hydrogens is 295 g/mol. The van der Waals surface area contributed by atoms with E-state index in [9.17, 15) is 9.18 Å². The van der Waals surface area contributed by atoms with Gasteiger partial charge in [0, 0.05) is 25.8 Å². The number of aromatic nitrogens is 1. The van der Waals surface area contributed by atoms with Gasteiger partial charge >= 0.3 is 0 Å². The van der Waals surface area contributed by atoms with Gasteiger partial charge in [0.25, 0.3) is 5.56 Å². The molecule has 1 saturated heterocycles. The van der Waals surface area contributed by atoms with Crippen molar-refractivity contribution in [2.75, 3.05) is 19.6 Å². The van der Waals surface area contributed by atoms with E-state index in [-0.39, 0.29) is 17.4 Å². The van der Waals surface area contributed by atoms with E-state index in [0.29, 0.717) is 10.8 Å². The van der Waals surface area contributed by atoms with Gasteiger partial charge in [-0.1, -0.05) is 0 Å². The molecule has 122 valence electrons. The Kier molecular flexibility index (Phi) is 3.81. The number of nitrogens with one attached hydrogen (secondary N) is 1. The number of ether oxygens (including phenoxy) is 1. The molecule has 1 saturated carbocycles. The van der Waals surface area contributed by atoms with E-state index < -0.39 is 5.82 Å². The van der Waals surface area contributed by atoms with Crippen molar-refractivity contribution in [1.82, 2.24) is 9.88 Å².